The monoisotopic (exact) mass is 221 g/mol. The number of rotatable bonds is 2. The topological polar surface area (TPSA) is 63.3 Å². The summed E-state index contributed by atoms with van der Waals surface area (Å²) in [6, 6.07) is 4.52. The minimum atomic E-state index is -0.662. The fourth-order valence-corrected chi connectivity index (χ4v) is 1.14. The zero-order valence-corrected chi connectivity index (χ0v) is 8.92. The average Bonchev–Trinajstić information content (AvgIpc) is 2.20. The number of phenols is 1. The summed E-state index contributed by atoms with van der Waals surface area (Å²) in [5.41, 5.74) is 5.83. The Balaban J connectivity index is 2.99. The van der Waals surface area contributed by atoms with Crippen molar-refractivity contribution in [1.29, 1.82) is 0 Å². The highest BCUT2D eigenvalue weighted by Gasteiger charge is 2.06. The molecule has 0 unspecified atom stereocenters. The van der Waals surface area contributed by atoms with E-state index in [1.807, 2.05) is 0 Å². The maximum Gasteiger partial charge on any atom is 0.252 e. The summed E-state index contributed by atoms with van der Waals surface area (Å²) in [6.07, 6.45) is 0.676. The Kier molecular flexibility index (Phi) is 4.07. The van der Waals surface area contributed by atoms with Crippen LogP contribution in [0.4, 0.5) is 0 Å². The fraction of sp³-hybridized carbons (Fsp3) is 0.182. The molecule has 0 heterocycles. The maximum absolute atomic E-state index is 10.9. The lowest BCUT2D eigenvalue weighted by Crippen LogP contribution is -2.11. The van der Waals surface area contributed by atoms with Gasteiger partial charge in [-0.25, -0.2) is 0 Å². The van der Waals surface area contributed by atoms with Crippen molar-refractivity contribution in [3.63, 3.8) is 0 Å². The molecule has 0 aliphatic carbocycles. The number of carbonyl (C=O) groups is 1. The lowest BCUT2D eigenvalue weighted by molar-refractivity contribution is 0.0997. The van der Waals surface area contributed by atoms with Gasteiger partial charge < -0.3 is 10.8 Å². The first-order valence-electron chi connectivity index (χ1n) is 4.37. The fourth-order valence-electron chi connectivity index (χ4n) is 1.03. The van der Waals surface area contributed by atoms with E-state index in [2.05, 4.69) is 24.5 Å². The Bertz CT molecular complexity index is 432. The third-order valence-electron chi connectivity index (χ3n) is 1.73. The summed E-state index contributed by atoms with van der Waals surface area (Å²) in [7, 11) is 0. The summed E-state index contributed by atoms with van der Waals surface area (Å²) in [5, 5.41) is 9.32. The van der Waals surface area contributed by atoms with Gasteiger partial charge in [0.15, 0.2) is 0 Å². The highest BCUT2D eigenvalue weighted by atomic mass is 32.1. The van der Waals surface area contributed by atoms with Crippen LogP contribution in [0.3, 0.4) is 0 Å². The first-order chi connectivity index (χ1) is 7.15. The van der Waals surface area contributed by atoms with Crippen molar-refractivity contribution in [1.82, 2.24) is 0 Å². The number of hydrogen-bond donors (Lipinski definition) is 3. The number of hydrogen-bond acceptors (Lipinski definition) is 3. The van der Waals surface area contributed by atoms with Gasteiger partial charge in [0.25, 0.3) is 5.91 Å². The molecule has 0 bridgehead atoms. The number of nitrogens with two attached hydrogens (primary N) is 1. The van der Waals surface area contributed by atoms with E-state index in [0.29, 0.717) is 17.7 Å². The van der Waals surface area contributed by atoms with E-state index in [1.54, 1.807) is 6.07 Å². The summed E-state index contributed by atoms with van der Waals surface area (Å²) >= 11 is 4.02. The van der Waals surface area contributed by atoms with Crippen LogP contribution in [0.1, 0.15) is 22.3 Å². The molecule has 0 spiro atoms. The summed E-state index contributed by atoms with van der Waals surface area (Å²) in [6.45, 7) is 0. The molecular formula is C11H11NO2S. The molecule has 0 aliphatic heterocycles. The van der Waals surface area contributed by atoms with E-state index in [-0.39, 0.29) is 11.3 Å². The molecule has 0 saturated carbocycles. The largest absolute Gasteiger partial charge is 0.507 e. The molecule has 3 N–H and O–H groups in total. The molecule has 78 valence electrons. The van der Waals surface area contributed by atoms with E-state index in [1.165, 1.54) is 12.1 Å². The quantitative estimate of drug-likeness (QED) is 0.518. The van der Waals surface area contributed by atoms with E-state index in [9.17, 15) is 9.90 Å². The minimum absolute atomic E-state index is 0.0904. The Labute approximate surface area is 93.7 Å². The maximum atomic E-state index is 10.9. The highest BCUT2D eigenvalue weighted by Crippen LogP contribution is 2.17. The Morgan fingerprint density at radius 2 is 2.27 bits per heavy atom. The van der Waals surface area contributed by atoms with Crippen molar-refractivity contribution >= 4 is 18.5 Å². The summed E-state index contributed by atoms with van der Waals surface area (Å²) < 4.78 is 0. The Morgan fingerprint density at radius 1 is 1.53 bits per heavy atom. The first-order valence-corrected chi connectivity index (χ1v) is 5.01. The summed E-state index contributed by atoms with van der Waals surface area (Å²) in [5.74, 6) is 5.63. The molecule has 0 radical (unpaired) electrons. The standard InChI is InChI=1S/C11H11NO2S/c12-11(14)9-7-8(3-1-2-6-15)4-5-10(9)13/h4-5,7,13,15H,2,6H2,(H2,12,14). The van der Waals surface area contributed by atoms with Gasteiger partial charge in [-0.05, 0) is 18.2 Å². The lowest BCUT2D eigenvalue weighted by atomic mass is 10.1. The zero-order valence-electron chi connectivity index (χ0n) is 8.03. The molecule has 1 amide bonds. The number of thiol groups is 1. The van der Waals surface area contributed by atoms with Crippen LogP contribution in [0.5, 0.6) is 5.75 Å². The van der Waals surface area contributed by atoms with Crippen LogP contribution in [-0.2, 0) is 0 Å². The van der Waals surface area contributed by atoms with Gasteiger partial charge >= 0.3 is 0 Å². The van der Waals surface area contributed by atoms with E-state index >= 15 is 0 Å². The van der Waals surface area contributed by atoms with Crippen LogP contribution < -0.4 is 5.73 Å². The van der Waals surface area contributed by atoms with Gasteiger partial charge in [0.2, 0.25) is 0 Å². The van der Waals surface area contributed by atoms with Crippen LogP contribution in [0.2, 0.25) is 0 Å². The van der Waals surface area contributed by atoms with Gasteiger partial charge in [-0.2, -0.15) is 12.6 Å². The van der Waals surface area contributed by atoms with Crippen molar-refractivity contribution in [3.8, 4) is 17.6 Å². The number of amides is 1. The van der Waals surface area contributed by atoms with Crippen molar-refractivity contribution in [2.45, 2.75) is 6.42 Å². The number of benzene rings is 1. The number of carbonyl (C=O) groups excluding carboxylic acids is 1. The second-order valence-corrected chi connectivity index (χ2v) is 3.32. The predicted molar refractivity (Wildman–Crippen MR) is 62.0 cm³/mol. The molecule has 0 saturated heterocycles. The molecule has 1 aromatic carbocycles. The second-order valence-electron chi connectivity index (χ2n) is 2.87. The van der Waals surface area contributed by atoms with Crippen molar-refractivity contribution in [2.75, 3.05) is 5.75 Å². The van der Waals surface area contributed by atoms with Crippen LogP contribution >= 0.6 is 12.6 Å². The Hall–Kier alpha value is -1.60. The third-order valence-corrected chi connectivity index (χ3v) is 1.96. The number of primary amides is 1. The first kappa shape index (κ1) is 11.5. The van der Waals surface area contributed by atoms with E-state index in [0.717, 1.165) is 0 Å². The van der Waals surface area contributed by atoms with Crippen molar-refractivity contribution in [2.24, 2.45) is 5.73 Å². The van der Waals surface area contributed by atoms with Crippen LogP contribution in [0.25, 0.3) is 0 Å². The van der Waals surface area contributed by atoms with E-state index < -0.39 is 5.91 Å². The lowest BCUT2D eigenvalue weighted by Gasteiger charge is -1.99. The van der Waals surface area contributed by atoms with Gasteiger partial charge in [0.05, 0.1) is 5.56 Å². The molecule has 0 aromatic heterocycles. The van der Waals surface area contributed by atoms with Crippen LogP contribution in [0, 0.1) is 11.8 Å². The number of aromatic hydroxyl groups is 1. The molecule has 0 atom stereocenters. The molecule has 4 heteroatoms. The van der Waals surface area contributed by atoms with Gasteiger partial charge in [-0.3, -0.25) is 4.79 Å². The SMILES string of the molecule is NC(=O)c1cc(C#CCCS)ccc1O. The Morgan fingerprint density at radius 3 is 2.87 bits per heavy atom. The van der Waals surface area contributed by atoms with Crippen molar-refractivity contribution in [3.05, 3.63) is 29.3 Å². The molecule has 1 rings (SSSR count). The molecule has 3 nitrogen and oxygen atoms in total. The molecule has 1 aromatic rings. The molecule has 15 heavy (non-hydrogen) atoms. The molecular weight excluding hydrogens is 210 g/mol. The van der Waals surface area contributed by atoms with Crippen LogP contribution in [0.15, 0.2) is 18.2 Å². The summed E-state index contributed by atoms with van der Waals surface area (Å²) in [4.78, 5) is 10.9. The second kappa shape index (κ2) is 5.32. The van der Waals surface area contributed by atoms with Crippen LogP contribution in [-0.4, -0.2) is 16.8 Å². The highest BCUT2D eigenvalue weighted by molar-refractivity contribution is 7.80. The van der Waals surface area contributed by atoms with Crippen molar-refractivity contribution < 1.29 is 9.90 Å². The molecule has 0 fully saturated rings. The van der Waals surface area contributed by atoms with Gasteiger partial charge in [0.1, 0.15) is 5.75 Å². The van der Waals surface area contributed by atoms with Gasteiger partial charge in [-0.15, -0.1) is 0 Å². The third kappa shape index (κ3) is 3.22. The normalized spacial score (nSPS) is 9.13. The zero-order chi connectivity index (χ0) is 11.3. The minimum Gasteiger partial charge on any atom is -0.507 e. The van der Waals surface area contributed by atoms with Gasteiger partial charge in [0, 0.05) is 17.7 Å². The average molecular weight is 221 g/mol. The van der Waals surface area contributed by atoms with Gasteiger partial charge in [-0.1, -0.05) is 11.8 Å². The smallest absolute Gasteiger partial charge is 0.252 e. The van der Waals surface area contributed by atoms with E-state index in [4.69, 9.17) is 5.73 Å². The molecule has 0 aliphatic rings. The predicted octanol–water partition coefficient (Wildman–Crippen LogP) is 1.16.